The van der Waals surface area contributed by atoms with E-state index in [-0.39, 0.29) is 0 Å². The van der Waals surface area contributed by atoms with Gasteiger partial charge >= 0.3 is 0 Å². The van der Waals surface area contributed by atoms with Crippen LogP contribution < -0.4 is 15.8 Å². The molecule has 0 saturated heterocycles. The number of nitrogens with zero attached hydrogens (tertiary/aromatic N) is 2. The standard InChI is InChI=1S/C13H24N4O/c1-3-5-11(6-8-14)10-16-13-15-9-7-12(17-13)18-4-2/h7,9,11H,3-6,8,10,14H2,1-2H3,(H,15,16,17). The first-order chi connectivity index (χ1) is 8.80. The topological polar surface area (TPSA) is 73.1 Å². The smallest absolute Gasteiger partial charge is 0.225 e. The van der Waals surface area contributed by atoms with E-state index in [1.807, 2.05) is 6.92 Å². The minimum atomic E-state index is 0.583. The molecule has 18 heavy (non-hydrogen) atoms. The fraction of sp³-hybridized carbons (Fsp3) is 0.692. The lowest BCUT2D eigenvalue weighted by atomic mass is 10.00. The van der Waals surface area contributed by atoms with Crippen LogP contribution in [-0.2, 0) is 0 Å². The van der Waals surface area contributed by atoms with E-state index in [9.17, 15) is 0 Å². The molecule has 0 spiro atoms. The Bertz CT molecular complexity index is 327. The van der Waals surface area contributed by atoms with Crippen molar-refractivity contribution >= 4 is 5.95 Å². The van der Waals surface area contributed by atoms with E-state index in [1.165, 1.54) is 12.8 Å². The van der Waals surface area contributed by atoms with Crippen LogP contribution >= 0.6 is 0 Å². The first-order valence-electron chi connectivity index (χ1n) is 6.69. The van der Waals surface area contributed by atoms with Crippen molar-refractivity contribution in [2.45, 2.75) is 33.1 Å². The predicted octanol–water partition coefficient (Wildman–Crippen LogP) is 2.05. The average Bonchev–Trinajstić information content (AvgIpc) is 2.37. The van der Waals surface area contributed by atoms with Crippen molar-refractivity contribution in [3.8, 4) is 5.88 Å². The zero-order chi connectivity index (χ0) is 13.2. The Hall–Kier alpha value is -1.36. The van der Waals surface area contributed by atoms with Gasteiger partial charge in [-0.25, -0.2) is 4.98 Å². The number of nitrogens with one attached hydrogen (secondary N) is 1. The normalized spacial score (nSPS) is 12.2. The summed E-state index contributed by atoms with van der Waals surface area (Å²) in [6.07, 6.45) is 5.09. The van der Waals surface area contributed by atoms with Crippen LogP contribution in [0.3, 0.4) is 0 Å². The van der Waals surface area contributed by atoms with Crippen molar-refractivity contribution in [2.24, 2.45) is 11.7 Å². The van der Waals surface area contributed by atoms with Gasteiger partial charge in [0, 0.05) is 18.8 Å². The molecule has 0 aliphatic carbocycles. The van der Waals surface area contributed by atoms with Gasteiger partial charge in [-0.05, 0) is 32.2 Å². The molecule has 1 rings (SSSR count). The molecule has 0 fully saturated rings. The molecule has 1 heterocycles. The number of nitrogens with two attached hydrogens (primary N) is 1. The van der Waals surface area contributed by atoms with Crippen LogP contribution in [0.1, 0.15) is 33.1 Å². The monoisotopic (exact) mass is 252 g/mol. The second kappa shape index (κ2) is 8.69. The van der Waals surface area contributed by atoms with E-state index in [0.717, 1.165) is 19.5 Å². The lowest BCUT2D eigenvalue weighted by Crippen LogP contribution is -2.19. The molecule has 102 valence electrons. The summed E-state index contributed by atoms with van der Waals surface area (Å²) in [5, 5.41) is 3.26. The van der Waals surface area contributed by atoms with Gasteiger partial charge in [-0.3, -0.25) is 0 Å². The molecule has 0 saturated carbocycles. The van der Waals surface area contributed by atoms with Gasteiger partial charge in [-0.1, -0.05) is 13.3 Å². The number of anilines is 1. The lowest BCUT2D eigenvalue weighted by molar-refractivity contribution is 0.326. The maximum atomic E-state index is 5.61. The highest BCUT2D eigenvalue weighted by Crippen LogP contribution is 2.13. The van der Waals surface area contributed by atoms with Gasteiger partial charge in [0.2, 0.25) is 11.8 Å². The molecule has 0 amide bonds. The van der Waals surface area contributed by atoms with Gasteiger partial charge in [-0.15, -0.1) is 0 Å². The Morgan fingerprint density at radius 1 is 1.39 bits per heavy atom. The molecule has 0 aliphatic heterocycles. The summed E-state index contributed by atoms with van der Waals surface area (Å²) in [4.78, 5) is 8.46. The second-order valence-corrected chi connectivity index (χ2v) is 4.26. The van der Waals surface area contributed by atoms with Crippen LogP contribution in [0, 0.1) is 5.92 Å². The molecule has 1 aromatic heterocycles. The van der Waals surface area contributed by atoms with Crippen molar-refractivity contribution in [3.05, 3.63) is 12.3 Å². The first kappa shape index (κ1) is 14.7. The zero-order valence-electron chi connectivity index (χ0n) is 11.4. The van der Waals surface area contributed by atoms with Crippen LogP contribution in [-0.4, -0.2) is 29.7 Å². The van der Waals surface area contributed by atoms with Crippen LogP contribution in [0.5, 0.6) is 5.88 Å². The lowest BCUT2D eigenvalue weighted by Gasteiger charge is -2.15. The Kier molecular flexibility index (Phi) is 7.10. The fourth-order valence-electron chi connectivity index (χ4n) is 1.88. The molecule has 1 unspecified atom stereocenters. The fourth-order valence-corrected chi connectivity index (χ4v) is 1.88. The van der Waals surface area contributed by atoms with Gasteiger partial charge in [0.1, 0.15) is 0 Å². The minimum Gasteiger partial charge on any atom is -0.478 e. The Balaban J connectivity index is 2.47. The Morgan fingerprint density at radius 3 is 2.89 bits per heavy atom. The second-order valence-electron chi connectivity index (χ2n) is 4.26. The number of hydrogen-bond acceptors (Lipinski definition) is 5. The van der Waals surface area contributed by atoms with Gasteiger partial charge in [-0.2, -0.15) is 4.98 Å². The molecule has 5 nitrogen and oxygen atoms in total. The molecule has 3 N–H and O–H groups in total. The first-order valence-corrected chi connectivity index (χ1v) is 6.69. The van der Waals surface area contributed by atoms with Crippen LogP contribution in [0.25, 0.3) is 0 Å². The van der Waals surface area contributed by atoms with Crippen LogP contribution in [0.2, 0.25) is 0 Å². The number of ether oxygens (including phenoxy) is 1. The molecule has 0 aromatic carbocycles. The number of aromatic nitrogens is 2. The van der Waals surface area contributed by atoms with Gasteiger partial charge in [0.15, 0.2) is 0 Å². The average molecular weight is 252 g/mol. The van der Waals surface area contributed by atoms with Crippen molar-refractivity contribution < 1.29 is 4.74 Å². The van der Waals surface area contributed by atoms with Crippen LogP contribution in [0.15, 0.2) is 12.3 Å². The molecule has 0 radical (unpaired) electrons. The van der Waals surface area contributed by atoms with E-state index in [2.05, 4.69) is 22.2 Å². The maximum Gasteiger partial charge on any atom is 0.225 e. The summed E-state index contributed by atoms with van der Waals surface area (Å²) in [5.41, 5.74) is 5.61. The largest absolute Gasteiger partial charge is 0.478 e. The summed E-state index contributed by atoms with van der Waals surface area (Å²) in [7, 11) is 0. The molecule has 1 atom stereocenters. The van der Waals surface area contributed by atoms with E-state index in [4.69, 9.17) is 10.5 Å². The van der Waals surface area contributed by atoms with Gasteiger partial charge < -0.3 is 15.8 Å². The highest BCUT2D eigenvalue weighted by atomic mass is 16.5. The summed E-state index contributed by atoms with van der Waals surface area (Å²) in [6, 6.07) is 1.76. The third-order valence-corrected chi connectivity index (χ3v) is 2.74. The molecular weight excluding hydrogens is 228 g/mol. The quantitative estimate of drug-likeness (QED) is 0.703. The Labute approximate surface area is 109 Å². The van der Waals surface area contributed by atoms with Crippen molar-refractivity contribution in [1.29, 1.82) is 0 Å². The minimum absolute atomic E-state index is 0.583. The maximum absolute atomic E-state index is 5.61. The van der Waals surface area contributed by atoms with Crippen molar-refractivity contribution in [1.82, 2.24) is 9.97 Å². The van der Waals surface area contributed by atoms with E-state index >= 15 is 0 Å². The summed E-state index contributed by atoms with van der Waals surface area (Å²) >= 11 is 0. The van der Waals surface area contributed by atoms with Crippen molar-refractivity contribution in [3.63, 3.8) is 0 Å². The molecular formula is C13H24N4O. The van der Waals surface area contributed by atoms with E-state index < -0.39 is 0 Å². The SMILES string of the molecule is CCCC(CCN)CNc1nccc(OCC)n1. The van der Waals surface area contributed by atoms with E-state index in [0.29, 0.717) is 24.4 Å². The molecule has 0 aliphatic rings. The summed E-state index contributed by atoms with van der Waals surface area (Å²) in [6.45, 7) is 6.33. The van der Waals surface area contributed by atoms with E-state index in [1.54, 1.807) is 12.3 Å². The van der Waals surface area contributed by atoms with Gasteiger partial charge in [0.25, 0.3) is 0 Å². The Morgan fingerprint density at radius 2 is 2.22 bits per heavy atom. The number of hydrogen-bond donors (Lipinski definition) is 2. The highest BCUT2D eigenvalue weighted by molar-refractivity contribution is 5.27. The van der Waals surface area contributed by atoms with Crippen LogP contribution in [0.4, 0.5) is 5.95 Å². The van der Waals surface area contributed by atoms with Gasteiger partial charge in [0.05, 0.1) is 6.61 Å². The third kappa shape index (κ3) is 5.31. The number of rotatable bonds is 9. The predicted molar refractivity (Wildman–Crippen MR) is 73.8 cm³/mol. The highest BCUT2D eigenvalue weighted by Gasteiger charge is 2.07. The molecule has 1 aromatic rings. The van der Waals surface area contributed by atoms with Crippen molar-refractivity contribution in [2.75, 3.05) is 25.0 Å². The zero-order valence-corrected chi connectivity index (χ0v) is 11.4. The summed E-state index contributed by atoms with van der Waals surface area (Å²) < 4.78 is 5.34. The third-order valence-electron chi connectivity index (χ3n) is 2.74. The molecule has 5 heteroatoms. The summed E-state index contributed by atoms with van der Waals surface area (Å²) in [5.74, 6) is 1.82. The molecule has 0 bridgehead atoms.